The fourth-order valence-electron chi connectivity index (χ4n) is 2.14. The van der Waals surface area contributed by atoms with Crippen LogP contribution in [0.5, 0.6) is 0 Å². The quantitative estimate of drug-likeness (QED) is 0.812. The Bertz CT molecular complexity index is 472. The number of nitrogens with one attached hydrogen (secondary N) is 2. The van der Waals surface area contributed by atoms with Crippen molar-refractivity contribution in [2.45, 2.75) is 72.2 Å². The van der Waals surface area contributed by atoms with Gasteiger partial charge in [0, 0.05) is 32.0 Å². The number of carbonyl (C=O) groups excluding carboxylic acids is 1. The van der Waals surface area contributed by atoms with Gasteiger partial charge in [0.2, 0.25) is 0 Å². The molecule has 0 radical (unpaired) electrons. The Morgan fingerprint density at radius 2 is 1.95 bits per heavy atom. The van der Waals surface area contributed by atoms with E-state index in [-0.39, 0.29) is 11.6 Å². The number of amides is 1. The molecule has 0 spiro atoms. The minimum absolute atomic E-state index is 0.367. The smallest absolute Gasteiger partial charge is 0.408 e. The molecule has 0 fully saturated rings. The summed E-state index contributed by atoms with van der Waals surface area (Å²) in [5.74, 6) is 0. The van der Waals surface area contributed by atoms with Gasteiger partial charge in [-0.25, -0.2) is 4.79 Å². The van der Waals surface area contributed by atoms with Crippen LogP contribution in [0.25, 0.3) is 0 Å². The number of aromatic nitrogens is 1. The van der Waals surface area contributed by atoms with Crippen LogP contribution < -0.4 is 10.6 Å². The van der Waals surface area contributed by atoms with Crippen molar-refractivity contribution in [3.8, 4) is 0 Å². The first-order valence-corrected chi connectivity index (χ1v) is 7.98. The average molecular weight is 309 g/mol. The lowest BCUT2D eigenvalue weighted by molar-refractivity contribution is 0.0472. The minimum Gasteiger partial charge on any atom is -0.444 e. The fraction of sp³-hybridized carbons (Fsp3) is 0.706. The molecule has 1 aromatic rings. The maximum Gasteiger partial charge on any atom is 0.408 e. The second-order valence-electron chi connectivity index (χ2n) is 7.37. The highest BCUT2D eigenvalue weighted by Gasteiger charge is 2.24. The van der Waals surface area contributed by atoms with Crippen molar-refractivity contribution >= 4 is 6.09 Å². The number of hydrogen-bond donors (Lipinski definition) is 2. The van der Waals surface area contributed by atoms with Crippen LogP contribution in [0.2, 0.25) is 0 Å². The first-order valence-electron chi connectivity index (χ1n) is 7.98. The van der Waals surface area contributed by atoms with Gasteiger partial charge in [0.05, 0.1) is 5.54 Å². The van der Waals surface area contributed by atoms with E-state index in [1.165, 1.54) is 5.56 Å². The van der Waals surface area contributed by atoms with Crippen LogP contribution in [0, 0.1) is 0 Å². The zero-order valence-corrected chi connectivity index (χ0v) is 14.8. The summed E-state index contributed by atoms with van der Waals surface area (Å²) in [4.78, 5) is 11.8. The van der Waals surface area contributed by atoms with Gasteiger partial charge in [0.15, 0.2) is 0 Å². The van der Waals surface area contributed by atoms with Gasteiger partial charge in [-0.1, -0.05) is 6.92 Å². The Morgan fingerprint density at radius 3 is 2.55 bits per heavy atom. The molecule has 0 saturated heterocycles. The molecular formula is C17H31N3O2. The summed E-state index contributed by atoms with van der Waals surface area (Å²) < 4.78 is 7.48. The SMILES string of the molecule is CCCn1ccc(CNCC(C)(C)NC(=O)OC(C)(C)C)c1. The van der Waals surface area contributed by atoms with Gasteiger partial charge in [-0.05, 0) is 52.7 Å². The van der Waals surface area contributed by atoms with Gasteiger partial charge in [-0.3, -0.25) is 0 Å². The molecule has 1 heterocycles. The zero-order valence-electron chi connectivity index (χ0n) is 14.8. The second kappa shape index (κ2) is 7.68. The van der Waals surface area contributed by atoms with E-state index in [4.69, 9.17) is 4.74 Å². The third kappa shape index (κ3) is 7.50. The number of nitrogens with zero attached hydrogens (tertiary/aromatic N) is 1. The van der Waals surface area contributed by atoms with Crippen LogP contribution in [0.4, 0.5) is 4.79 Å². The van der Waals surface area contributed by atoms with Crippen molar-refractivity contribution in [2.24, 2.45) is 0 Å². The first kappa shape index (κ1) is 18.6. The summed E-state index contributed by atoms with van der Waals surface area (Å²) >= 11 is 0. The standard InChI is InChI=1S/C17H31N3O2/c1-7-9-20-10-8-14(12-20)11-18-13-17(5,6)19-15(21)22-16(2,3)4/h8,10,12,18H,7,9,11,13H2,1-6H3,(H,19,21). The van der Waals surface area contributed by atoms with Crippen LogP contribution in [0.15, 0.2) is 18.5 Å². The third-order valence-electron chi connectivity index (χ3n) is 3.03. The molecule has 0 saturated carbocycles. The lowest BCUT2D eigenvalue weighted by atomic mass is 10.1. The molecule has 0 aliphatic carbocycles. The van der Waals surface area contributed by atoms with Crippen LogP contribution in [-0.2, 0) is 17.8 Å². The van der Waals surface area contributed by atoms with Crippen LogP contribution >= 0.6 is 0 Å². The summed E-state index contributed by atoms with van der Waals surface area (Å²) in [6.45, 7) is 14.2. The fourth-order valence-corrected chi connectivity index (χ4v) is 2.14. The van der Waals surface area contributed by atoms with Gasteiger partial charge < -0.3 is 19.9 Å². The maximum atomic E-state index is 11.8. The molecule has 0 bridgehead atoms. The van der Waals surface area contributed by atoms with E-state index in [1.54, 1.807) is 0 Å². The summed E-state index contributed by atoms with van der Waals surface area (Å²) in [6, 6.07) is 2.12. The molecule has 0 aliphatic heterocycles. The topological polar surface area (TPSA) is 55.3 Å². The van der Waals surface area contributed by atoms with Crippen molar-refractivity contribution in [1.82, 2.24) is 15.2 Å². The van der Waals surface area contributed by atoms with E-state index in [0.717, 1.165) is 19.5 Å². The van der Waals surface area contributed by atoms with Crippen molar-refractivity contribution in [3.05, 3.63) is 24.0 Å². The molecule has 5 heteroatoms. The van der Waals surface area contributed by atoms with Gasteiger partial charge in [0.25, 0.3) is 0 Å². The molecule has 2 N–H and O–H groups in total. The Hall–Kier alpha value is -1.49. The Kier molecular flexibility index (Phi) is 6.48. The first-order chi connectivity index (χ1) is 10.1. The summed E-state index contributed by atoms with van der Waals surface area (Å²) in [5, 5.41) is 6.28. The van der Waals surface area contributed by atoms with Gasteiger partial charge >= 0.3 is 6.09 Å². The Morgan fingerprint density at radius 1 is 1.27 bits per heavy atom. The number of hydrogen-bond acceptors (Lipinski definition) is 3. The van der Waals surface area contributed by atoms with Crippen LogP contribution in [0.3, 0.4) is 0 Å². The van der Waals surface area contributed by atoms with E-state index in [1.807, 2.05) is 34.6 Å². The Balaban J connectivity index is 2.36. The van der Waals surface area contributed by atoms with Crippen molar-refractivity contribution < 1.29 is 9.53 Å². The molecule has 0 unspecified atom stereocenters. The van der Waals surface area contributed by atoms with Gasteiger partial charge in [-0.2, -0.15) is 0 Å². The van der Waals surface area contributed by atoms with E-state index in [9.17, 15) is 4.79 Å². The molecule has 126 valence electrons. The second-order valence-corrected chi connectivity index (χ2v) is 7.37. The van der Waals surface area contributed by atoms with Crippen molar-refractivity contribution in [1.29, 1.82) is 0 Å². The zero-order chi connectivity index (χ0) is 16.8. The highest BCUT2D eigenvalue weighted by molar-refractivity contribution is 5.68. The number of ether oxygens (including phenoxy) is 1. The molecule has 1 aromatic heterocycles. The number of carbonyl (C=O) groups is 1. The number of alkyl carbamates (subject to hydrolysis) is 1. The van der Waals surface area contributed by atoms with Gasteiger partial charge in [0.1, 0.15) is 5.60 Å². The highest BCUT2D eigenvalue weighted by Crippen LogP contribution is 2.09. The molecular weight excluding hydrogens is 278 g/mol. The number of rotatable bonds is 7. The predicted octanol–water partition coefficient (Wildman–Crippen LogP) is 3.29. The van der Waals surface area contributed by atoms with E-state index in [2.05, 4.69) is 40.6 Å². The lowest BCUT2D eigenvalue weighted by Crippen LogP contribution is -2.51. The lowest BCUT2D eigenvalue weighted by Gasteiger charge is -2.28. The van der Waals surface area contributed by atoms with Crippen molar-refractivity contribution in [2.75, 3.05) is 6.54 Å². The van der Waals surface area contributed by atoms with E-state index >= 15 is 0 Å². The molecule has 0 atom stereocenters. The summed E-state index contributed by atoms with van der Waals surface area (Å²) in [5.41, 5.74) is 0.408. The molecule has 0 aliphatic rings. The Labute approximate surface area is 134 Å². The van der Waals surface area contributed by atoms with Crippen LogP contribution in [0.1, 0.15) is 53.5 Å². The average Bonchev–Trinajstić information content (AvgIpc) is 2.73. The monoisotopic (exact) mass is 309 g/mol. The van der Waals surface area contributed by atoms with E-state index < -0.39 is 5.60 Å². The summed E-state index contributed by atoms with van der Waals surface area (Å²) in [6.07, 6.45) is 5.01. The summed E-state index contributed by atoms with van der Waals surface area (Å²) in [7, 11) is 0. The highest BCUT2D eigenvalue weighted by atomic mass is 16.6. The molecule has 0 aromatic carbocycles. The van der Waals surface area contributed by atoms with Crippen molar-refractivity contribution in [3.63, 3.8) is 0 Å². The third-order valence-corrected chi connectivity index (χ3v) is 3.03. The normalized spacial score (nSPS) is 12.3. The number of aryl methyl sites for hydroxylation is 1. The van der Waals surface area contributed by atoms with Crippen LogP contribution in [-0.4, -0.2) is 28.3 Å². The molecule has 22 heavy (non-hydrogen) atoms. The maximum absolute atomic E-state index is 11.8. The largest absolute Gasteiger partial charge is 0.444 e. The molecule has 1 amide bonds. The van der Waals surface area contributed by atoms with E-state index in [0.29, 0.717) is 6.54 Å². The predicted molar refractivity (Wildman–Crippen MR) is 89.9 cm³/mol. The minimum atomic E-state index is -0.476. The van der Waals surface area contributed by atoms with Gasteiger partial charge in [-0.15, -0.1) is 0 Å². The molecule has 1 rings (SSSR count). The molecule has 5 nitrogen and oxygen atoms in total.